The third kappa shape index (κ3) is 14.8. The molecule has 1 rings (SSSR count). The van der Waals surface area contributed by atoms with Crippen LogP contribution in [0.25, 0.3) is 0 Å². The second kappa shape index (κ2) is 19.7. The third-order valence-electron chi connectivity index (χ3n) is 8.17. The van der Waals surface area contributed by atoms with Crippen molar-refractivity contribution in [1.29, 1.82) is 0 Å². The van der Waals surface area contributed by atoms with Crippen molar-refractivity contribution in [3.8, 4) is 0 Å². The highest BCUT2D eigenvalue weighted by Gasteiger charge is 2.29. The van der Waals surface area contributed by atoms with Crippen LogP contribution in [-0.4, -0.2) is 16.5 Å². The first kappa shape index (κ1) is 38.5. The lowest BCUT2D eigenvalue weighted by Gasteiger charge is -2.32. The summed E-state index contributed by atoms with van der Waals surface area (Å²) < 4.78 is 0. The van der Waals surface area contributed by atoms with E-state index in [0.29, 0.717) is 12.8 Å². The van der Waals surface area contributed by atoms with Gasteiger partial charge in [0.15, 0.2) is 5.78 Å². The number of hydrogen-bond acceptors (Lipinski definition) is 2. The van der Waals surface area contributed by atoms with Gasteiger partial charge in [0.05, 0.1) is 0 Å². The molecule has 0 bridgehead atoms. The van der Waals surface area contributed by atoms with Gasteiger partial charge in [-0.15, -0.1) is 0 Å². The van der Waals surface area contributed by atoms with Crippen LogP contribution in [0.2, 0.25) is 0 Å². The Bertz CT molecular complexity index is 1330. The molecular formula is C42H58O2. The van der Waals surface area contributed by atoms with E-state index >= 15 is 0 Å². The molecule has 2 heteroatoms. The third-order valence-corrected chi connectivity index (χ3v) is 8.17. The fourth-order valence-electron chi connectivity index (χ4n) is 4.93. The minimum Gasteiger partial charge on any atom is -0.382 e. The van der Waals surface area contributed by atoms with Crippen molar-refractivity contribution in [2.45, 2.75) is 107 Å². The van der Waals surface area contributed by atoms with Gasteiger partial charge in [0.2, 0.25) is 0 Å². The first-order valence-electron chi connectivity index (χ1n) is 16.1. The molecule has 0 amide bonds. The van der Waals surface area contributed by atoms with Gasteiger partial charge in [-0.05, 0) is 90.7 Å². The van der Waals surface area contributed by atoms with Crippen molar-refractivity contribution in [1.82, 2.24) is 0 Å². The molecule has 0 heterocycles. The Balaban J connectivity index is 2.63. The van der Waals surface area contributed by atoms with Gasteiger partial charge < -0.3 is 5.11 Å². The number of carbonyl (C=O) groups is 1. The molecule has 0 aromatic carbocycles. The molecule has 0 aliphatic heterocycles. The van der Waals surface area contributed by atoms with Crippen LogP contribution in [-0.2, 0) is 4.79 Å². The van der Waals surface area contributed by atoms with Gasteiger partial charge in [0.1, 0.15) is 5.60 Å². The van der Waals surface area contributed by atoms with E-state index in [1.54, 1.807) is 6.08 Å². The SMILES string of the molecule is CCC(O)(CC)C(=O)/C=C/C(C)=C/C=C/C(C)=C/C=C/C(C)=C/C=C/C=C(C)/C=C/C=C(C)/C=C/C1=C(C)CCCC1(C)C. The Kier molecular flexibility index (Phi) is 17.3. The number of rotatable bonds is 15. The van der Waals surface area contributed by atoms with E-state index in [-0.39, 0.29) is 11.2 Å². The maximum atomic E-state index is 12.2. The van der Waals surface area contributed by atoms with E-state index in [4.69, 9.17) is 0 Å². The molecule has 1 aliphatic rings. The van der Waals surface area contributed by atoms with Crippen molar-refractivity contribution in [3.05, 3.63) is 142 Å². The van der Waals surface area contributed by atoms with Gasteiger partial charge in [-0.1, -0.05) is 158 Å². The first-order valence-corrected chi connectivity index (χ1v) is 16.1. The van der Waals surface area contributed by atoms with E-state index < -0.39 is 5.60 Å². The maximum absolute atomic E-state index is 12.2. The summed E-state index contributed by atoms with van der Waals surface area (Å²) in [7, 11) is 0. The standard InChI is InChI=1S/C42H58O2/c1-11-42(44,12-2)40(43)31-29-37(7)26-17-24-35(5)23-15-21-33(3)19-13-14-20-34(4)22-16-25-36(6)28-30-39-38(8)27-18-32-41(39,9)10/h13-17,19-26,28-31,44H,11-12,18,27,32H2,1-10H3/b14-13+,21-15+,22-16+,24-17+,30-28+,31-29+,33-19+,34-20+,35-23+,36-25+,37-26+. The molecule has 0 radical (unpaired) electrons. The zero-order valence-corrected chi connectivity index (χ0v) is 29.2. The topological polar surface area (TPSA) is 37.3 Å². The summed E-state index contributed by atoms with van der Waals surface area (Å²) >= 11 is 0. The van der Waals surface area contributed by atoms with Gasteiger partial charge in [-0.25, -0.2) is 0 Å². The molecule has 0 aromatic heterocycles. The minimum absolute atomic E-state index is 0.240. The normalized spacial score (nSPS) is 18.6. The van der Waals surface area contributed by atoms with Crippen LogP contribution in [0.1, 0.15) is 101 Å². The van der Waals surface area contributed by atoms with Crippen molar-refractivity contribution < 1.29 is 9.90 Å². The van der Waals surface area contributed by atoms with E-state index in [9.17, 15) is 9.90 Å². The highest BCUT2D eigenvalue weighted by Crippen LogP contribution is 2.40. The predicted molar refractivity (Wildman–Crippen MR) is 194 cm³/mol. The fraction of sp³-hybridized carbons (Fsp3) is 0.405. The molecule has 0 unspecified atom stereocenters. The smallest absolute Gasteiger partial charge is 0.187 e. The van der Waals surface area contributed by atoms with Gasteiger partial charge >= 0.3 is 0 Å². The Morgan fingerprint density at radius 3 is 1.52 bits per heavy atom. The summed E-state index contributed by atoms with van der Waals surface area (Å²) in [6, 6.07) is 0. The Morgan fingerprint density at radius 2 is 1.09 bits per heavy atom. The second-order valence-corrected chi connectivity index (χ2v) is 12.7. The van der Waals surface area contributed by atoms with Crippen LogP contribution in [0, 0.1) is 5.41 Å². The highest BCUT2D eigenvalue weighted by atomic mass is 16.3. The van der Waals surface area contributed by atoms with E-state index in [0.717, 1.165) is 16.7 Å². The molecule has 0 atom stereocenters. The highest BCUT2D eigenvalue weighted by molar-refractivity contribution is 5.97. The van der Waals surface area contributed by atoms with Crippen LogP contribution in [0.3, 0.4) is 0 Å². The Hall–Kier alpha value is -3.49. The number of ketones is 1. The van der Waals surface area contributed by atoms with Crippen LogP contribution >= 0.6 is 0 Å². The maximum Gasteiger partial charge on any atom is 0.187 e. The van der Waals surface area contributed by atoms with Crippen LogP contribution in [0.5, 0.6) is 0 Å². The average molecular weight is 595 g/mol. The zero-order valence-electron chi connectivity index (χ0n) is 29.2. The van der Waals surface area contributed by atoms with E-state index in [2.05, 4.69) is 115 Å². The molecule has 2 nitrogen and oxygen atoms in total. The van der Waals surface area contributed by atoms with Crippen LogP contribution in [0.15, 0.2) is 142 Å². The molecule has 0 fully saturated rings. The van der Waals surface area contributed by atoms with Gasteiger partial charge in [0.25, 0.3) is 0 Å². The molecule has 1 aliphatic carbocycles. The molecule has 0 saturated carbocycles. The van der Waals surface area contributed by atoms with Crippen molar-refractivity contribution in [3.63, 3.8) is 0 Å². The van der Waals surface area contributed by atoms with Crippen LogP contribution in [0.4, 0.5) is 0 Å². The van der Waals surface area contributed by atoms with Crippen molar-refractivity contribution in [2.75, 3.05) is 0 Å². The lowest BCUT2D eigenvalue weighted by Crippen LogP contribution is -2.35. The first-order chi connectivity index (χ1) is 20.7. The van der Waals surface area contributed by atoms with Crippen molar-refractivity contribution >= 4 is 5.78 Å². The molecular weight excluding hydrogens is 536 g/mol. The number of carbonyl (C=O) groups excluding carboxylic acids is 1. The molecule has 0 aromatic rings. The monoisotopic (exact) mass is 594 g/mol. The van der Waals surface area contributed by atoms with Gasteiger partial charge in [0, 0.05) is 0 Å². The second-order valence-electron chi connectivity index (χ2n) is 12.7. The number of aliphatic hydroxyl groups is 1. The van der Waals surface area contributed by atoms with Gasteiger partial charge in [-0.3, -0.25) is 4.79 Å². The Labute approximate surface area is 269 Å². The molecule has 0 saturated heterocycles. The van der Waals surface area contributed by atoms with E-state index in [1.807, 2.05) is 45.1 Å². The summed E-state index contributed by atoms with van der Waals surface area (Å²) in [5.74, 6) is -0.240. The Morgan fingerprint density at radius 1 is 0.682 bits per heavy atom. The predicted octanol–water partition coefficient (Wildman–Crippen LogP) is 11.7. The largest absolute Gasteiger partial charge is 0.382 e. The lowest BCUT2D eigenvalue weighted by molar-refractivity contribution is -0.132. The molecule has 44 heavy (non-hydrogen) atoms. The minimum atomic E-state index is -1.26. The fourth-order valence-corrected chi connectivity index (χ4v) is 4.93. The summed E-state index contributed by atoms with van der Waals surface area (Å²) in [5.41, 5.74) is 7.73. The van der Waals surface area contributed by atoms with E-state index in [1.165, 1.54) is 47.6 Å². The van der Waals surface area contributed by atoms with Gasteiger partial charge in [-0.2, -0.15) is 0 Å². The summed E-state index contributed by atoms with van der Waals surface area (Å²) in [4.78, 5) is 12.2. The average Bonchev–Trinajstić information content (AvgIpc) is 2.97. The molecule has 0 spiro atoms. The number of hydrogen-bond donors (Lipinski definition) is 1. The lowest BCUT2D eigenvalue weighted by atomic mass is 9.72. The number of allylic oxidation sites excluding steroid dienone is 23. The zero-order chi connectivity index (χ0) is 33.2. The summed E-state index contributed by atoms with van der Waals surface area (Å²) in [6.45, 7) is 21.0. The summed E-state index contributed by atoms with van der Waals surface area (Å²) in [6.07, 6.45) is 39.3. The quantitative estimate of drug-likeness (QED) is 0.151. The van der Waals surface area contributed by atoms with Crippen molar-refractivity contribution in [2.24, 2.45) is 5.41 Å². The summed E-state index contributed by atoms with van der Waals surface area (Å²) in [5, 5.41) is 10.3. The van der Waals surface area contributed by atoms with Crippen LogP contribution < -0.4 is 0 Å². The molecule has 1 N–H and O–H groups in total. The molecule has 238 valence electrons.